The minimum Gasteiger partial charge on any atom is -0.379 e. The number of hydrogen-bond acceptors (Lipinski definition) is 4. The first kappa shape index (κ1) is 12.9. The summed E-state index contributed by atoms with van der Waals surface area (Å²) in [5, 5.41) is 0. The Kier molecular flexibility index (Phi) is 6.92. The van der Waals surface area contributed by atoms with E-state index in [1.807, 2.05) is 6.92 Å². The third-order valence-electron chi connectivity index (χ3n) is 2.72. The summed E-state index contributed by atoms with van der Waals surface area (Å²) in [5.74, 6) is 0. The minimum absolute atomic E-state index is 0.721. The zero-order chi connectivity index (χ0) is 10.9. The zero-order valence-electron chi connectivity index (χ0n) is 10.1. The largest absolute Gasteiger partial charge is 0.379 e. The molecule has 4 heteroatoms. The van der Waals surface area contributed by atoms with Crippen LogP contribution in [0.25, 0.3) is 0 Å². The third-order valence-corrected chi connectivity index (χ3v) is 2.72. The molecule has 1 saturated heterocycles. The molecule has 0 N–H and O–H groups in total. The van der Waals surface area contributed by atoms with Crippen LogP contribution in [0, 0.1) is 0 Å². The van der Waals surface area contributed by atoms with Crippen LogP contribution in [0.1, 0.15) is 6.92 Å². The summed E-state index contributed by atoms with van der Waals surface area (Å²) in [6, 6.07) is 0. The molecule has 0 bridgehead atoms. The van der Waals surface area contributed by atoms with E-state index in [4.69, 9.17) is 9.47 Å². The van der Waals surface area contributed by atoms with Gasteiger partial charge in [-0.25, -0.2) is 0 Å². The Morgan fingerprint density at radius 1 is 0.933 bits per heavy atom. The molecule has 1 aliphatic rings. The molecule has 0 aromatic heterocycles. The lowest BCUT2D eigenvalue weighted by molar-refractivity contribution is 0.0368. The Hall–Kier alpha value is -0.160. The van der Waals surface area contributed by atoms with E-state index in [1.54, 1.807) is 0 Å². The van der Waals surface area contributed by atoms with Gasteiger partial charge in [-0.2, -0.15) is 0 Å². The third kappa shape index (κ3) is 6.10. The summed E-state index contributed by atoms with van der Waals surface area (Å²) in [5.41, 5.74) is 0. The average molecular weight is 216 g/mol. The van der Waals surface area contributed by atoms with Gasteiger partial charge in [-0.05, 0) is 14.0 Å². The van der Waals surface area contributed by atoms with Crippen LogP contribution in [0.4, 0.5) is 0 Å². The molecule has 0 aromatic carbocycles. The van der Waals surface area contributed by atoms with Gasteiger partial charge in [-0.1, -0.05) is 0 Å². The number of nitrogens with zero attached hydrogens (tertiary/aromatic N) is 2. The Bertz CT molecular complexity index is 148. The van der Waals surface area contributed by atoms with Crippen molar-refractivity contribution in [2.75, 3.05) is 66.2 Å². The highest BCUT2D eigenvalue weighted by atomic mass is 16.5. The Morgan fingerprint density at radius 3 is 2.27 bits per heavy atom. The summed E-state index contributed by atoms with van der Waals surface area (Å²) in [4.78, 5) is 4.83. The van der Waals surface area contributed by atoms with Crippen LogP contribution in [-0.2, 0) is 9.47 Å². The predicted octanol–water partition coefficient (Wildman–Crippen LogP) is 0.287. The first-order valence-corrected chi connectivity index (χ1v) is 5.89. The van der Waals surface area contributed by atoms with E-state index in [2.05, 4.69) is 16.8 Å². The van der Waals surface area contributed by atoms with Gasteiger partial charge in [0.25, 0.3) is 0 Å². The Labute approximate surface area is 93.1 Å². The van der Waals surface area contributed by atoms with Crippen LogP contribution in [0.2, 0.25) is 0 Å². The predicted molar refractivity (Wildman–Crippen MR) is 61.2 cm³/mol. The van der Waals surface area contributed by atoms with Crippen molar-refractivity contribution < 1.29 is 9.47 Å². The van der Waals surface area contributed by atoms with Crippen molar-refractivity contribution in [1.82, 2.24) is 9.80 Å². The average Bonchev–Trinajstić information content (AvgIpc) is 2.26. The number of rotatable bonds is 7. The van der Waals surface area contributed by atoms with E-state index in [9.17, 15) is 0 Å². The first-order valence-electron chi connectivity index (χ1n) is 5.89. The topological polar surface area (TPSA) is 24.9 Å². The standard InChI is InChI=1S/C11H24N2O2/c1-3-14-10-11-15-9-8-13-6-4-12(2)5-7-13/h3-11H2,1-2H3. The number of piperazine rings is 1. The van der Waals surface area contributed by atoms with Gasteiger partial charge < -0.3 is 14.4 Å². The summed E-state index contributed by atoms with van der Waals surface area (Å²) in [6.07, 6.45) is 0. The molecule has 0 unspecified atom stereocenters. The second kappa shape index (κ2) is 8.05. The molecule has 0 aliphatic carbocycles. The fourth-order valence-electron chi connectivity index (χ4n) is 1.63. The highest BCUT2D eigenvalue weighted by Gasteiger charge is 2.12. The van der Waals surface area contributed by atoms with Crippen LogP contribution in [0.3, 0.4) is 0 Å². The van der Waals surface area contributed by atoms with Crippen molar-refractivity contribution in [3.8, 4) is 0 Å². The molecule has 0 amide bonds. The molecule has 0 atom stereocenters. The van der Waals surface area contributed by atoms with Gasteiger partial charge in [0.1, 0.15) is 0 Å². The van der Waals surface area contributed by atoms with Crippen molar-refractivity contribution in [1.29, 1.82) is 0 Å². The summed E-state index contributed by atoms with van der Waals surface area (Å²) in [6.45, 7) is 10.8. The summed E-state index contributed by atoms with van der Waals surface area (Å²) in [7, 11) is 2.18. The summed E-state index contributed by atoms with van der Waals surface area (Å²) >= 11 is 0. The van der Waals surface area contributed by atoms with Gasteiger partial charge in [-0.15, -0.1) is 0 Å². The number of hydrogen-bond donors (Lipinski definition) is 0. The van der Waals surface area contributed by atoms with Gasteiger partial charge in [0.15, 0.2) is 0 Å². The van der Waals surface area contributed by atoms with E-state index in [-0.39, 0.29) is 0 Å². The molecule has 1 aliphatic heterocycles. The van der Waals surface area contributed by atoms with Gasteiger partial charge in [-0.3, -0.25) is 4.90 Å². The quantitative estimate of drug-likeness (QED) is 0.571. The highest BCUT2D eigenvalue weighted by Crippen LogP contribution is 1.98. The minimum atomic E-state index is 0.721. The number of likely N-dealkylation sites (N-methyl/N-ethyl adjacent to an activating group) is 1. The van der Waals surface area contributed by atoms with E-state index in [0.717, 1.165) is 33.0 Å². The molecule has 1 rings (SSSR count). The second-order valence-corrected chi connectivity index (χ2v) is 3.95. The second-order valence-electron chi connectivity index (χ2n) is 3.95. The van der Waals surface area contributed by atoms with Gasteiger partial charge >= 0.3 is 0 Å². The fraction of sp³-hybridized carbons (Fsp3) is 1.00. The van der Waals surface area contributed by atoms with Gasteiger partial charge in [0.05, 0.1) is 19.8 Å². The van der Waals surface area contributed by atoms with Crippen molar-refractivity contribution in [3.05, 3.63) is 0 Å². The van der Waals surface area contributed by atoms with Crippen LogP contribution in [-0.4, -0.2) is 76.0 Å². The highest BCUT2D eigenvalue weighted by molar-refractivity contribution is 4.68. The van der Waals surface area contributed by atoms with Crippen molar-refractivity contribution >= 4 is 0 Å². The molecule has 1 fully saturated rings. The lowest BCUT2D eigenvalue weighted by Gasteiger charge is -2.32. The molecule has 0 radical (unpaired) electrons. The molecule has 0 saturated carbocycles. The maximum Gasteiger partial charge on any atom is 0.0701 e. The van der Waals surface area contributed by atoms with E-state index in [1.165, 1.54) is 26.2 Å². The van der Waals surface area contributed by atoms with E-state index in [0.29, 0.717) is 0 Å². The van der Waals surface area contributed by atoms with E-state index < -0.39 is 0 Å². The molecular weight excluding hydrogens is 192 g/mol. The molecule has 1 heterocycles. The maximum atomic E-state index is 5.49. The molecule has 4 nitrogen and oxygen atoms in total. The van der Waals surface area contributed by atoms with Crippen molar-refractivity contribution in [2.24, 2.45) is 0 Å². The van der Waals surface area contributed by atoms with E-state index >= 15 is 0 Å². The van der Waals surface area contributed by atoms with Crippen LogP contribution in [0.5, 0.6) is 0 Å². The molecule has 15 heavy (non-hydrogen) atoms. The molecule has 90 valence electrons. The number of ether oxygens (including phenoxy) is 2. The normalized spacial score (nSPS) is 19.6. The smallest absolute Gasteiger partial charge is 0.0701 e. The fourth-order valence-corrected chi connectivity index (χ4v) is 1.63. The van der Waals surface area contributed by atoms with Gasteiger partial charge in [0.2, 0.25) is 0 Å². The molecule has 0 aromatic rings. The van der Waals surface area contributed by atoms with Crippen molar-refractivity contribution in [3.63, 3.8) is 0 Å². The molecule has 0 spiro atoms. The zero-order valence-corrected chi connectivity index (χ0v) is 10.1. The maximum absolute atomic E-state index is 5.49. The SMILES string of the molecule is CCOCCOCCN1CCN(C)CC1. The Morgan fingerprint density at radius 2 is 1.60 bits per heavy atom. The van der Waals surface area contributed by atoms with Crippen LogP contribution >= 0.6 is 0 Å². The van der Waals surface area contributed by atoms with Crippen LogP contribution < -0.4 is 0 Å². The summed E-state index contributed by atoms with van der Waals surface area (Å²) < 4.78 is 10.7. The Balaban J connectivity index is 1.87. The van der Waals surface area contributed by atoms with Gasteiger partial charge in [0, 0.05) is 39.3 Å². The lowest BCUT2D eigenvalue weighted by atomic mass is 10.3. The van der Waals surface area contributed by atoms with Crippen molar-refractivity contribution in [2.45, 2.75) is 6.92 Å². The monoisotopic (exact) mass is 216 g/mol. The first-order chi connectivity index (χ1) is 7.33. The molecular formula is C11H24N2O2. The van der Waals surface area contributed by atoms with Crippen LogP contribution in [0.15, 0.2) is 0 Å². The lowest BCUT2D eigenvalue weighted by Crippen LogP contribution is -2.45.